The van der Waals surface area contributed by atoms with Gasteiger partial charge in [-0.15, -0.1) is 5.70 Å². The van der Waals surface area contributed by atoms with Gasteiger partial charge in [0.1, 0.15) is 11.2 Å². The minimum absolute atomic E-state index is 0.371. The second kappa shape index (κ2) is 11.5. The van der Waals surface area contributed by atoms with E-state index in [-0.39, 0.29) is 6.17 Å². The van der Waals surface area contributed by atoms with Gasteiger partial charge in [-0.3, -0.25) is 4.99 Å². The fourth-order valence-electron chi connectivity index (χ4n) is 7.12. The van der Waals surface area contributed by atoms with Crippen LogP contribution in [0.1, 0.15) is 22.9 Å². The average Bonchev–Trinajstić information content (AvgIpc) is 3.76. The molecule has 3 heterocycles. The van der Waals surface area contributed by atoms with E-state index in [4.69, 9.17) is 19.1 Å². The Morgan fingerprint density at radius 1 is 0.420 bits per heavy atom. The van der Waals surface area contributed by atoms with Crippen LogP contribution < -0.4 is 0 Å². The normalized spacial score (nSPS) is 14.6. The molecule has 0 aliphatic carbocycles. The quantitative estimate of drug-likeness (QED) is 0.188. The summed E-state index contributed by atoms with van der Waals surface area (Å²) in [7, 11) is 0. The van der Waals surface area contributed by atoms with Gasteiger partial charge in [0.2, 0.25) is 0 Å². The van der Waals surface area contributed by atoms with Crippen molar-refractivity contribution in [2.24, 2.45) is 4.99 Å². The molecule has 1 aliphatic rings. The number of rotatable bonds is 5. The Labute approximate surface area is 288 Å². The van der Waals surface area contributed by atoms with Crippen molar-refractivity contribution in [3.63, 3.8) is 0 Å². The number of benzene rings is 7. The summed E-state index contributed by atoms with van der Waals surface area (Å²) in [5.41, 5.74) is 12.7. The van der Waals surface area contributed by atoms with Crippen molar-refractivity contribution in [3.05, 3.63) is 192 Å². The van der Waals surface area contributed by atoms with Crippen molar-refractivity contribution in [3.8, 4) is 22.3 Å². The molecule has 0 radical (unpaired) electrons. The van der Waals surface area contributed by atoms with Gasteiger partial charge in [0, 0.05) is 27.7 Å². The molecule has 10 rings (SSSR count). The SMILES string of the molecule is C1=C(c2ccccc2)[N-]C(c2cccc(-c3ccc4c(c3)oc3c4ccc4c5ccc(-c6ccccc6)cc5oc43)c2)N=C1c1ccccc1. The molecule has 0 fully saturated rings. The summed E-state index contributed by atoms with van der Waals surface area (Å²) >= 11 is 0. The van der Waals surface area contributed by atoms with Crippen molar-refractivity contribution >= 4 is 55.3 Å². The molecule has 0 spiro atoms. The summed E-state index contributed by atoms with van der Waals surface area (Å²) in [6.07, 6.45) is 1.71. The van der Waals surface area contributed by atoms with Crippen LogP contribution in [0.2, 0.25) is 0 Å². The van der Waals surface area contributed by atoms with Crippen LogP contribution in [0.4, 0.5) is 0 Å². The Morgan fingerprint density at radius 3 is 1.54 bits per heavy atom. The highest BCUT2D eigenvalue weighted by molar-refractivity contribution is 6.19. The predicted octanol–water partition coefficient (Wildman–Crippen LogP) is 12.7. The van der Waals surface area contributed by atoms with Crippen molar-refractivity contribution in [1.29, 1.82) is 0 Å². The monoisotopic (exact) mass is 641 g/mol. The van der Waals surface area contributed by atoms with Crippen molar-refractivity contribution < 1.29 is 8.83 Å². The number of furan rings is 2. The summed E-state index contributed by atoms with van der Waals surface area (Å²) in [4.78, 5) is 5.13. The largest absolute Gasteiger partial charge is 0.659 e. The maximum absolute atomic E-state index is 6.60. The van der Waals surface area contributed by atoms with E-state index < -0.39 is 0 Å². The number of allylic oxidation sites excluding steroid dienone is 1. The molecule has 9 aromatic rings. The van der Waals surface area contributed by atoms with E-state index in [2.05, 4.69) is 127 Å². The minimum atomic E-state index is -0.371. The third-order valence-electron chi connectivity index (χ3n) is 9.64. The number of nitrogens with zero attached hydrogens (tertiary/aromatic N) is 2. The molecule has 0 bridgehead atoms. The highest BCUT2D eigenvalue weighted by atomic mass is 16.4. The molecule has 1 aliphatic heterocycles. The minimum Gasteiger partial charge on any atom is -0.659 e. The molecule has 50 heavy (non-hydrogen) atoms. The molecular weight excluding hydrogens is 613 g/mol. The van der Waals surface area contributed by atoms with Gasteiger partial charge in [0.25, 0.3) is 0 Å². The lowest BCUT2D eigenvalue weighted by molar-refractivity contribution is 0.633. The Bertz CT molecular complexity index is 2770. The number of hydrogen-bond acceptors (Lipinski definition) is 3. The summed E-state index contributed by atoms with van der Waals surface area (Å²) in [6.45, 7) is 0. The molecule has 2 aromatic heterocycles. The van der Waals surface area contributed by atoms with Crippen molar-refractivity contribution in [2.75, 3.05) is 0 Å². The zero-order valence-electron chi connectivity index (χ0n) is 27.0. The third kappa shape index (κ3) is 4.81. The van der Waals surface area contributed by atoms with Gasteiger partial charge in [-0.25, -0.2) is 0 Å². The highest BCUT2D eigenvalue weighted by Gasteiger charge is 2.18. The van der Waals surface area contributed by atoms with E-state index in [9.17, 15) is 0 Å². The van der Waals surface area contributed by atoms with E-state index in [1.165, 1.54) is 0 Å². The summed E-state index contributed by atoms with van der Waals surface area (Å²) in [6, 6.07) is 56.7. The number of hydrogen-bond donors (Lipinski definition) is 0. The van der Waals surface area contributed by atoms with Crippen LogP contribution in [0.5, 0.6) is 0 Å². The molecule has 0 saturated heterocycles. The van der Waals surface area contributed by atoms with E-state index in [0.717, 1.165) is 94.2 Å². The molecule has 0 amide bonds. The Hall–Kier alpha value is -6.65. The Kier molecular flexibility index (Phi) is 6.53. The highest BCUT2D eigenvalue weighted by Crippen LogP contribution is 2.42. The molecule has 4 nitrogen and oxygen atoms in total. The second-order valence-electron chi connectivity index (χ2n) is 12.7. The van der Waals surface area contributed by atoms with Gasteiger partial charge in [0.15, 0.2) is 11.2 Å². The predicted molar refractivity (Wildman–Crippen MR) is 205 cm³/mol. The first-order valence-electron chi connectivity index (χ1n) is 16.8. The molecule has 0 N–H and O–H groups in total. The van der Waals surface area contributed by atoms with E-state index in [0.29, 0.717) is 0 Å². The Morgan fingerprint density at radius 2 is 0.920 bits per heavy atom. The van der Waals surface area contributed by atoms with Crippen LogP contribution in [0.25, 0.3) is 77.1 Å². The van der Waals surface area contributed by atoms with E-state index >= 15 is 0 Å². The maximum atomic E-state index is 6.60. The standard InChI is InChI=1S/C46H29N2O2/c1-4-11-29(12-5-1)33-19-21-36-38-23-24-39-37-22-20-34(27-43(37)50-45(39)44(38)49-42(36)26-33)32-17-10-18-35(25-32)46-47-40(30-13-6-2-7-14-30)28-41(48-46)31-15-8-3-9-16-31/h1-28,46H/q-1. The van der Waals surface area contributed by atoms with Gasteiger partial charge in [-0.1, -0.05) is 133 Å². The van der Waals surface area contributed by atoms with Gasteiger partial charge in [0.05, 0.1) is 5.71 Å². The van der Waals surface area contributed by atoms with Crippen molar-refractivity contribution in [1.82, 2.24) is 0 Å². The fourth-order valence-corrected chi connectivity index (χ4v) is 7.12. The van der Waals surface area contributed by atoms with Gasteiger partial charge < -0.3 is 14.2 Å². The molecule has 236 valence electrons. The molecule has 0 saturated carbocycles. The van der Waals surface area contributed by atoms with E-state index in [1.807, 2.05) is 42.5 Å². The van der Waals surface area contributed by atoms with Crippen LogP contribution in [0, 0.1) is 0 Å². The van der Waals surface area contributed by atoms with Crippen molar-refractivity contribution in [2.45, 2.75) is 6.17 Å². The zero-order valence-corrected chi connectivity index (χ0v) is 27.0. The fraction of sp³-hybridized carbons (Fsp3) is 0.0217. The molecule has 4 heteroatoms. The van der Waals surface area contributed by atoms with Gasteiger partial charge in [-0.2, -0.15) is 0 Å². The first-order valence-corrected chi connectivity index (χ1v) is 16.8. The lowest BCUT2D eigenvalue weighted by Crippen LogP contribution is -2.09. The van der Waals surface area contributed by atoms with Crippen LogP contribution in [-0.4, -0.2) is 5.71 Å². The van der Waals surface area contributed by atoms with Gasteiger partial charge in [-0.05, 0) is 75.3 Å². The summed E-state index contributed by atoms with van der Waals surface area (Å²) in [5.74, 6) is 0. The molecule has 7 aromatic carbocycles. The first-order chi connectivity index (χ1) is 24.7. The first kappa shape index (κ1) is 28.4. The summed E-state index contributed by atoms with van der Waals surface area (Å²) in [5, 5.41) is 9.36. The lowest BCUT2D eigenvalue weighted by Gasteiger charge is -2.37. The number of aliphatic imine (C=N–C) groups is 1. The topological polar surface area (TPSA) is 52.7 Å². The lowest BCUT2D eigenvalue weighted by atomic mass is 9.98. The molecule has 1 unspecified atom stereocenters. The smallest absolute Gasteiger partial charge is 0.178 e. The zero-order chi connectivity index (χ0) is 33.0. The van der Waals surface area contributed by atoms with Crippen LogP contribution >= 0.6 is 0 Å². The maximum Gasteiger partial charge on any atom is 0.178 e. The van der Waals surface area contributed by atoms with E-state index in [1.54, 1.807) is 0 Å². The molecular formula is C46H29N2O2-. The second-order valence-corrected chi connectivity index (χ2v) is 12.7. The Balaban J connectivity index is 1.03. The summed E-state index contributed by atoms with van der Waals surface area (Å²) < 4.78 is 13.1. The van der Waals surface area contributed by atoms with Crippen LogP contribution in [0.3, 0.4) is 0 Å². The third-order valence-corrected chi connectivity index (χ3v) is 9.64. The molecule has 1 atom stereocenters. The average molecular weight is 642 g/mol. The number of fused-ring (bicyclic) bond motifs is 7. The van der Waals surface area contributed by atoms with Gasteiger partial charge >= 0.3 is 0 Å². The van der Waals surface area contributed by atoms with Crippen LogP contribution in [0.15, 0.2) is 184 Å². The van der Waals surface area contributed by atoms with Crippen LogP contribution in [-0.2, 0) is 0 Å².